The Kier molecular flexibility index (Phi) is 9.61. The molecule has 9 nitrogen and oxygen atoms in total. The molecule has 3 aromatic carbocycles. The Balaban J connectivity index is 1.20. The number of likely N-dealkylation sites (tertiary alicyclic amines) is 1. The molecule has 3 aromatic rings. The van der Waals surface area contributed by atoms with Crippen molar-refractivity contribution in [3.63, 3.8) is 0 Å². The second-order valence-corrected chi connectivity index (χ2v) is 12.4. The molecule has 0 bridgehead atoms. The first kappa shape index (κ1) is 31.4. The Bertz CT molecular complexity index is 1550. The molecule has 0 spiro atoms. The van der Waals surface area contributed by atoms with Crippen LogP contribution >= 0.6 is 23.2 Å². The van der Waals surface area contributed by atoms with Gasteiger partial charge in [0, 0.05) is 44.4 Å². The highest BCUT2D eigenvalue weighted by Gasteiger charge is 2.35. The van der Waals surface area contributed by atoms with Crippen molar-refractivity contribution in [3.05, 3.63) is 81.8 Å². The van der Waals surface area contributed by atoms with E-state index < -0.39 is 6.04 Å². The van der Waals surface area contributed by atoms with Crippen molar-refractivity contribution in [3.8, 4) is 16.9 Å². The number of hydrogen-bond acceptors (Lipinski definition) is 6. The molecule has 3 heterocycles. The van der Waals surface area contributed by atoms with Crippen LogP contribution in [0.15, 0.2) is 60.7 Å². The number of rotatable bonds is 8. The highest BCUT2D eigenvalue weighted by atomic mass is 35.5. The maximum absolute atomic E-state index is 13.8. The van der Waals surface area contributed by atoms with Gasteiger partial charge in [0.05, 0.1) is 35.0 Å². The fraction of sp³-hybridized carbons (Fsp3) is 0.382. The summed E-state index contributed by atoms with van der Waals surface area (Å²) in [4.78, 5) is 45.1. The van der Waals surface area contributed by atoms with Crippen LogP contribution in [0.2, 0.25) is 10.0 Å². The number of fused-ring (bicyclic) bond motifs is 1. The van der Waals surface area contributed by atoms with Crippen LogP contribution in [0.1, 0.15) is 41.7 Å². The van der Waals surface area contributed by atoms with Crippen molar-refractivity contribution in [2.75, 3.05) is 57.4 Å². The van der Waals surface area contributed by atoms with Gasteiger partial charge < -0.3 is 19.7 Å². The molecule has 3 aliphatic rings. The number of nitrogens with zero attached hydrogens (tertiary/aromatic N) is 3. The van der Waals surface area contributed by atoms with Crippen molar-refractivity contribution in [2.24, 2.45) is 0 Å². The lowest BCUT2D eigenvalue weighted by Crippen LogP contribution is -2.53. The summed E-state index contributed by atoms with van der Waals surface area (Å²) >= 11 is 12.4. The lowest BCUT2D eigenvalue weighted by atomic mass is 9.99. The fourth-order valence-electron chi connectivity index (χ4n) is 6.09. The van der Waals surface area contributed by atoms with Gasteiger partial charge in [-0.05, 0) is 54.7 Å². The van der Waals surface area contributed by atoms with Gasteiger partial charge in [-0.15, -0.1) is 0 Å². The number of ether oxygens (including phenoxy) is 2. The summed E-state index contributed by atoms with van der Waals surface area (Å²) in [6, 6.07) is 17.8. The van der Waals surface area contributed by atoms with Crippen LogP contribution in [0.5, 0.6) is 5.75 Å². The molecule has 11 heteroatoms. The molecule has 2 unspecified atom stereocenters. The number of hydrogen-bond donors (Lipinski definition) is 1. The van der Waals surface area contributed by atoms with Gasteiger partial charge in [0.15, 0.2) is 6.61 Å². The predicted molar refractivity (Wildman–Crippen MR) is 174 cm³/mol. The zero-order valence-electron chi connectivity index (χ0n) is 25.1. The van der Waals surface area contributed by atoms with Crippen molar-refractivity contribution >= 4 is 46.6 Å². The van der Waals surface area contributed by atoms with Gasteiger partial charge in [-0.3, -0.25) is 24.2 Å². The molecule has 1 N–H and O–H groups in total. The van der Waals surface area contributed by atoms with Crippen molar-refractivity contribution in [1.82, 2.24) is 15.1 Å². The summed E-state index contributed by atoms with van der Waals surface area (Å²) in [7, 11) is 0. The maximum Gasteiger partial charge on any atom is 0.265 e. The van der Waals surface area contributed by atoms with E-state index >= 15 is 0 Å². The molecular weight excluding hydrogens is 615 g/mol. The van der Waals surface area contributed by atoms with E-state index in [0.717, 1.165) is 55.7 Å². The number of benzene rings is 3. The van der Waals surface area contributed by atoms with Gasteiger partial charge in [0.1, 0.15) is 11.8 Å². The molecule has 6 rings (SSSR count). The van der Waals surface area contributed by atoms with Crippen LogP contribution in [0.25, 0.3) is 11.1 Å². The van der Waals surface area contributed by atoms with Gasteiger partial charge in [0.25, 0.3) is 11.8 Å². The van der Waals surface area contributed by atoms with Gasteiger partial charge in [-0.25, -0.2) is 0 Å². The third-order valence-electron chi connectivity index (χ3n) is 8.68. The third kappa shape index (κ3) is 6.97. The monoisotopic (exact) mass is 650 g/mol. The van der Waals surface area contributed by atoms with Crippen LogP contribution in [-0.4, -0.2) is 86.1 Å². The van der Waals surface area contributed by atoms with E-state index in [1.807, 2.05) is 53.4 Å². The fourth-order valence-corrected chi connectivity index (χ4v) is 6.40. The summed E-state index contributed by atoms with van der Waals surface area (Å²) in [5, 5.41) is 3.78. The van der Waals surface area contributed by atoms with E-state index in [2.05, 4.69) is 10.2 Å². The summed E-state index contributed by atoms with van der Waals surface area (Å²) < 4.78 is 11.1. The molecule has 2 fully saturated rings. The number of morpholine rings is 1. The van der Waals surface area contributed by atoms with Crippen molar-refractivity contribution < 1.29 is 23.9 Å². The first-order valence-electron chi connectivity index (χ1n) is 15.3. The lowest BCUT2D eigenvalue weighted by Gasteiger charge is -2.35. The van der Waals surface area contributed by atoms with Gasteiger partial charge in [-0.2, -0.15) is 0 Å². The minimum atomic E-state index is -0.828. The summed E-state index contributed by atoms with van der Waals surface area (Å²) in [5.41, 5.74) is 4.06. The van der Waals surface area contributed by atoms with Gasteiger partial charge >= 0.3 is 0 Å². The van der Waals surface area contributed by atoms with E-state index in [1.165, 1.54) is 4.90 Å². The van der Waals surface area contributed by atoms with E-state index in [1.54, 1.807) is 19.1 Å². The second-order valence-electron chi connectivity index (χ2n) is 11.6. The minimum absolute atomic E-state index is 0.0829. The number of halogens is 2. The van der Waals surface area contributed by atoms with Crippen LogP contribution < -0.4 is 15.0 Å². The highest BCUT2D eigenvalue weighted by Crippen LogP contribution is 2.39. The number of carbonyl (C=O) groups is 3. The van der Waals surface area contributed by atoms with Crippen LogP contribution in [0.3, 0.4) is 0 Å². The number of amides is 3. The molecular formula is C34H36Cl2N4O5. The highest BCUT2D eigenvalue weighted by molar-refractivity contribution is 6.42. The summed E-state index contributed by atoms with van der Waals surface area (Å²) in [6.45, 7) is 6.51. The average molecular weight is 652 g/mol. The Labute approximate surface area is 273 Å². The molecule has 2 atom stereocenters. The molecule has 45 heavy (non-hydrogen) atoms. The zero-order chi connectivity index (χ0) is 31.5. The van der Waals surface area contributed by atoms with Gasteiger partial charge in [0.2, 0.25) is 5.91 Å². The van der Waals surface area contributed by atoms with Crippen LogP contribution in [0, 0.1) is 0 Å². The normalized spacial score (nSPS) is 18.2. The van der Waals surface area contributed by atoms with Crippen LogP contribution in [-0.2, 0) is 14.3 Å². The Morgan fingerprint density at radius 1 is 0.889 bits per heavy atom. The van der Waals surface area contributed by atoms with E-state index in [0.29, 0.717) is 41.8 Å². The van der Waals surface area contributed by atoms with E-state index in [4.69, 9.17) is 32.7 Å². The Morgan fingerprint density at radius 3 is 2.18 bits per heavy atom. The van der Waals surface area contributed by atoms with Crippen molar-refractivity contribution in [2.45, 2.75) is 31.8 Å². The minimum Gasteiger partial charge on any atom is -0.482 e. The first-order chi connectivity index (χ1) is 21.8. The molecule has 2 saturated heterocycles. The molecule has 0 aliphatic carbocycles. The summed E-state index contributed by atoms with van der Waals surface area (Å²) in [5.74, 6) is -0.161. The van der Waals surface area contributed by atoms with Crippen molar-refractivity contribution in [1.29, 1.82) is 0 Å². The standard InChI is InChI=1S/C34H36Cl2N4O5/c1-22(40-30-18-27(35)28(36)19-31(30)45-21-32(40)41)33(42)37-29(20-38-14-16-44-17-15-38)25-8-4-23(5-9-25)24-6-10-26(11-7-24)34(43)39-12-2-3-13-39/h4-11,18-19,22,29H,2-3,12-17,20-21H2,1H3,(H,37,42). The molecule has 236 valence electrons. The van der Waals surface area contributed by atoms with E-state index in [9.17, 15) is 14.4 Å². The Morgan fingerprint density at radius 2 is 1.51 bits per heavy atom. The molecule has 0 aromatic heterocycles. The lowest BCUT2D eigenvalue weighted by molar-refractivity contribution is -0.128. The topological polar surface area (TPSA) is 91.4 Å². The Hall–Kier alpha value is -3.63. The summed E-state index contributed by atoms with van der Waals surface area (Å²) in [6.07, 6.45) is 2.12. The predicted octanol–water partition coefficient (Wildman–Crippen LogP) is 5.20. The SMILES string of the molecule is CC(C(=O)NC(CN1CCOCC1)c1ccc(-c2ccc(C(=O)N3CCCC3)cc2)cc1)N1C(=O)COc2cc(Cl)c(Cl)cc21. The molecule has 3 aliphatic heterocycles. The quantitative estimate of drug-likeness (QED) is 0.360. The third-order valence-corrected chi connectivity index (χ3v) is 9.40. The molecule has 3 amide bonds. The number of nitrogens with one attached hydrogen (secondary N) is 1. The second kappa shape index (κ2) is 13.8. The zero-order valence-corrected chi connectivity index (χ0v) is 26.6. The smallest absolute Gasteiger partial charge is 0.265 e. The number of carbonyl (C=O) groups excluding carboxylic acids is 3. The van der Waals surface area contributed by atoms with Gasteiger partial charge in [-0.1, -0.05) is 59.6 Å². The largest absolute Gasteiger partial charge is 0.482 e. The maximum atomic E-state index is 13.8. The first-order valence-corrected chi connectivity index (χ1v) is 16.1. The average Bonchev–Trinajstić information content (AvgIpc) is 3.61. The molecule has 0 radical (unpaired) electrons. The molecule has 0 saturated carbocycles. The van der Waals surface area contributed by atoms with Crippen LogP contribution in [0.4, 0.5) is 5.69 Å². The number of anilines is 1. The van der Waals surface area contributed by atoms with E-state index in [-0.39, 0.29) is 35.4 Å².